The maximum atomic E-state index is 8.18. The van der Waals surface area contributed by atoms with Crippen LogP contribution < -0.4 is 0 Å². The van der Waals surface area contributed by atoms with Crippen molar-refractivity contribution >= 4 is 0 Å². The first-order valence-electron chi connectivity index (χ1n) is 4.47. The van der Waals surface area contributed by atoms with Gasteiger partial charge in [0.2, 0.25) is 0 Å². The highest BCUT2D eigenvalue weighted by Crippen LogP contribution is 2.16. The topological polar surface area (TPSA) is 29.5 Å². The molecule has 0 heterocycles. The summed E-state index contributed by atoms with van der Waals surface area (Å²) in [5.74, 6) is 1.23. The molecule has 11 heavy (non-hydrogen) atoms. The average molecular weight is 160 g/mol. The lowest BCUT2D eigenvalue weighted by Crippen LogP contribution is -2.08. The van der Waals surface area contributed by atoms with Crippen molar-refractivity contribution in [2.45, 2.75) is 40.0 Å². The van der Waals surface area contributed by atoms with Crippen molar-refractivity contribution in [1.82, 2.24) is 0 Å². The summed E-state index contributed by atoms with van der Waals surface area (Å²) in [5, 5.41) is 8.18. The second-order valence-corrected chi connectivity index (χ2v) is 3.53. The van der Waals surface area contributed by atoms with Crippen LogP contribution >= 0.6 is 0 Å². The van der Waals surface area contributed by atoms with Crippen LogP contribution in [-0.4, -0.2) is 11.9 Å². The molecule has 0 saturated carbocycles. The van der Waals surface area contributed by atoms with Gasteiger partial charge in [-0.1, -0.05) is 33.6 Å². The summed E-state index contributed by atoms with van der Waals surface area (Å²) in [5.41, 5.74) is 0. The van der Waals surface area contributed by atoms with Crippen LogP contribution in [0.1, 0.15) is 40.0 Å². The Balaban J connectivity index is 3.32. The summed E-state index contributed by atoms with van der Waals surface area (Å²) in [7, 11) is 0. The zero-order valence-electron chi connectivity index (χ0n) is 7.84. The summed E-state index contributed by atoms with van der Waals surface area (Å²) >= 11 is 0. The molecule has 2 unspecified atom stereocenters. The van der Waals surface area contributed by atoms with Gasteiger partial charge in [0.25, 0.3) is 0 Å². The van der Waals surface area contributed by atoms with Gasteiger partial charge in [-0.15, -0.1) is 0 Å². The second-order valence-electron chi connectivity index (χ2n) is 3.53. The number of hydrogen-bond acceptors (Lipinski definition) is 2. The molecular formula is C9H20O2. The Morgan fingerprint density at radius 2 is 1.91 bits per heavy atom. The Morgan fingerprint density at radius 1 is 1.27 bits per heavy atom. The van der Waals surface area contributed by atoms with E-state index < -0.39 is 0 Å². The summed E-state index contributed by atoms with van der Waals surface area (Å²) in [6, 6.07) is 0. The lowest BCUT2D eigenvalue weighted by molar-refractivity contribution is -0.250. The molecule has 0 aromatic carbocycles. The smallest absolute Gasteiger partial charge is 0.0845 e. The molecular weight excluding hydrogens is 140 g/mol. The van der Waals surface area contributed by atoms with E-state index in [-0.39, 0.29) is 0 Å². The third-order valence-electron chi connectivity index (χ3n) is 1.95. The Kier molecular flexibility index (Phi) is 6.57. The van der Waals surface area contributed by atoms with E-state index in [4.69, 9.17) is 5.26 Å². The Bertz CT molecular complexity index is 73.6. The van der Waals surface area contributed by atoms with E-state index in [1.165, 1.54) is 12.8 Å². The van der Waals surface area contributed by atoms with E-state index in [1.807, 2.05) is 0 Å². The van der Waals surface area contributed by atoms with Crippen LogP contribution in [0.4, 0.5) is 0 Å². The van der Waals surface area contributed by atoms with Crippen LogP contribution in [0.2, 0.25) is 0 Å². The highest BCUT2D eigenvalue weighted by molar-refractivity contribution is 4.57. The minimum Gasteiger partial charge on any atom is -0.252 e. The van der Waals surface area contributed by atoms with Crippen molar-refractivity contribution < 1.29 is 10.1 Å². The van der Waals surface area contributed by atoms with E-state index in [0.29, 0.717) is 12.5 Å². The monoisotopic (exact) mass is 160 g/mol. The molecule has 2 heteroatoms. The summed E-state index contributed by atoms with van der Waals surface area (Å²) in [6.45, 7) is 7.01. The van der Waals surface area contributed by atoms with Gasteiger partial charge in [0.05, 0.1) is 6.61 Å². The lowest BCUT2D eigenvalue weighted by atomic mass is 9.94. The quantitative estimate of drug-likeness (QED) is 0.478. The fourth-order valence-corrected chi connectivity index (χ4v) is 1.49. The van der Waals surface area contributed by atoms with Crippen molar-refractivity contribution in [3.63, 3.8) is 0 Å². The predicted octanol–water partition coefficient (Wildman–Crippen LogP) is 2.94. The van der Waals surface area contributed by atoms with Gasteiger partial charge >= 0.3 is 0 Å². The van der Waals surface area contributed by atoms with Crippen LogP contribution in [0, 0.1) is 11.8 Å². The van der Waals surface area contributed by atoms with Crippen molar-refractivity contribution in [3.8, 4) is 0 Å². The maximum absolute atomic E-state index is 8.18. The summed E-state index contributed by atoms with van der Waals surface area (Å²) in [4.78, 5) is 4.08. The van der Waals surface area contributed by atoms with Crippen LogP contribution in [0.15, 0.2) is 0 Å². The third kappa shape index (κ3) is 6.32. The molecule has 1 N–H and O–H groups in total. The first kappa shape index (κ1) is 10.9. The van der Waals surface area contributed by atoms with Gasteiger partial charge in [0, 0.05) is 0 Å². The van der Waals surface area contributed by atoms with E-state index in [2.05, 4.69) is 25.7 Å². The van der Waals surface area contributed by atoms with Gasteiger partial charge in [-0.25, -0.2) is 4.89 Å². The fraction of sp³-hybridized carbons (Fsp3) is 1.00. The summed E-state index contributed by atoms with van der Waals surface area (Å²) < 4.78 is 0. The molecule has 0 radical (unpaired) electrons. The molecule has 0 aliphatic rings. The highest BCUT2D eigenvalue weighted by Gasteiger charge is 2.07. The predicted molar refractivity (Wildman–Crippen MR) is 46.4 cm³/mol. The van der Waals surface area contributed by atoms with Crippen molar-refractivity contribution in [2.75, 3.05) is 6.61 Å². The second kappa shape index (κ2) is 6.62. The number of rotatable bonds is 6. The van der Waals surface area contributed by atoms with Gasteiger partial charge in [-0.05, 0) is 18.3 Å². The normalized spacial score (nSPS) is 16.4. The van der Waals surface area contributed by atoms with Crippen molar-refractivity contribution in [1.29, 1.82) is 0 Å². The van der Waals surface area contributed by atoms with Gasteiger partial charge < -0.3 is 0 Å². The maximum Gasteiger partial charge on any atom is 0.0845 e. The molecule has 0 aliphatic heterocycles. The average Bonchev–Trinajstić information content (AvgIpc) is 1.87. The third-order valence-corrected chi connectivity index (χ3v) is 1.95. The molecule has 0 fully saturated rings. The van der Waals surface area contributed by atoms with E-state index in [9.17, 15) is 0 Å². The van der Waals surface area contributed by atoms with Gasteiger partial charge in [-0.2, -0.15) is 0 Å². The number of hydrogen-bond donors (Lipinski definition) is 1. The lowest BCUT2D eigenvalue weighted by Gasteiger charge is -2.14. The van der Waals surface area contributed by atoms with Crippen molar-refractivity contribution in [3.05, 3.63) is 0 Å². The van der Waals surface area contributed by atoms with E-state index in [0.717, 1.165) is 12.3 Å². The molecule has 0 aromatic heterocycles. The Hall–Kier alpha value is -0.0800. The van der Waals surface area contributed by atoms with Crippen molar-refractivity contribution in [2.24, 2.45) is 11.8 Å². The van der Waals surface area contributed by atoms with Crippen LogP contribution in [0.5, 0.6) is 0 Å². The molecule has 2 atom stereocenters. The van der Waals surface area contributed by atoms with E-state index >= 15 is 0 Å². The highest BCUT2D eigenvalue weighted by atomic mass is 17.1. The molecule has 0 aromatic rings. The minimum absolute atomic E-state index is 0.466. The molecule has 68 valence electrons. The van der Waals surface area contributed by atoms with Gasteiger partial charge in [0.15, 0.2) is 0 Å². The van der Waals surface area contributed by atoms with Crippen LogP contribution in [0.3, 0.4) is 0 Å². The largest absolute Gasteiger partial charge is 0.252 e. The molecule has 0 spiro atoms. The standard InChI is InChI=1S/C9H20O2/c1-4-5-8(2)6-9(3)7-11-10/h8-10H,4-7H2,1-3H3. The first-order chi connectivity index (χ1) is 5.20. The van der Waals surface area contributed by atoms with Crippen LogP contribution in [-0.2, 0) is 4.89 Å². The van der Waals surface area contributed by atoms with Crippen LogP contribution in [0.25, 0.3) is 0 Å². The molecule has 2 nitrogen and oxygen atoms in total. The molecule has 0 amide bonds. The Labute approximate surface area is 69.5 Å². The van der Waals surface area contributed by atoms with Gasteiger partial charge in [-0.3, -0.25) is 5.26 Å². The summed E-state index contributed by atoms with van der Waals surface area (Å²) in [6.07, 6.45) is 3.66. The molecule has 0 rings (SSSR count). The van der Waals surface area contributed by atoms with E-state index in [1.54, 1.807) is 0 Å². The zero-order valence-corrected chi connectivity index (χ0v) is 7.84. The zero-order chi connectivity index (χ0) is 8.69. The Morgan fingerprint density at radius 3 is 2.36 bits per heavy atom. The minimum atomic E-state index is 0.466. The molecule has 0 bridgehead atoms. The molecule has 0 saturated heterocycles. The molecule has 0 aliphatic carbocycles. The van der Waals surface area contributed by atoms with Gasteiger partial charge in [0.1, 0.15) is 0 Å². The fourth-order valence-electron chi connectivity index (χ4n) is 1.49. The SMILES string of the molecule is CCCC(C)CC(C)COO. The first-order valence-corrected chi connectivity index (χ1v) is 4.47.